The highest BCUT2D eigenvalue weighted by atomic mass is 19.1. The third-order valence-corrected chi connectivity index (χ3v) is 3.33. The first kappa shape index (κ1) is 16.8. The Labute approximate surface area is 128 Å². The Bertz CT molecular complexity index is 508. The number of ether oxygens (including phenoxy) is 2. The molecule has 122 valence electrons. The van der Waals surface area contributed by atoms with Crippen molar-refractivity contribution in [3.8, 4) is 0 Å². The van der Waals surface area contributed by atoms with E-state index in [0.717, 1.165) is 12.1 Å². The number of carbonyl (C=O) groups excluding carboxylic acids is 1. The molecule has 2 rings (SSSR count). The van der Waals surface area contributed by atoms with Crippen LogP contribution < -0.4 is 5.32 Å². The Balaban J connectivity index is 1.72. The molecule has 0 aliphatic carbocycles. The summed E-state index contributed by atoms with van der Waals surface area (Å²) in [5, 5.41) is 2.43. The number of carbonyl (C=O) groups is 1. The summed E-state index contributed by atoms with van der Waals surface area (Å²) >= 11 is 0. The number of hydrogen-bond acceptors (Lipinski definition) is 4. The summed E-state index contributed by atoms with van der Waals surface area (Å²) in [5.41, 5.74) is -0.0157. The lowest BCUT2D eigenvalue weighted by Gasteiger charge is -2.27. The van der Waals surface area contributed by atoms with Gasteiger partial charge in [0.2, 0.25) is 5.91 Å². The molecule has 7 heteroatoms. The summed E-state index contributed by atoms with van der Waals surface area (Å²) < 4.78 is 37.0. The standard InChI is InChI=1S/C15H20F2N2O3/c1-19(9-12-10-21-6-7-22-12)5-4-15(20)18-14-3-2-11(16)8-13(14)17/h2-3,8,12H,4-7,9-10H2,1H3,(H,18,20). The summed E-state index contributed by atoms with van der Waals surface area (Å²) in [6.07, 6.45) is 0.220. The molecule has 1 fully saturated rings. The number of nitrogens with zero attached hydrogens (tertiary/aromatic N) is 1. The molecule has 5 nitrogen and oxygen atoms in total. The van der Waals surface area contributed by atoms with Crippen molar-refractivity contribution in [2.45, 2.75) is 12.5 Å². The molecule has 1 heterocycles. The predicted molar refractivity (Wildman–Crippen MR) is 77.7 cm³/mol. The molecule has 0 aromatic heterocycles. The molecule has 1 amide bonds. The number of nitrogens with one attached hydrogen (secondary N) is 1. The van der Waals surface area contributed by atoms with Gasteiger partial charge < -0.3 is 19.7 Å². The number of anilines is 1. The van der Waals surface area contributed by atoms with Crippen LogP contribution in [0.15, 0.2) is 18.2 Å². The van der Waals surface area contributed by atoms with E-state index < -0.39 is 11.6 Å². The molecule has 0 spiro atoms. The summed E-state index contributed by atoms with van der Waals surface area (Å²) in [7, 11) is 1.88. The van der Waals surface area contributed by atoms with Crippen molar-refractivity contribution in [3.63, 3.8) is 0 Å². The van der Waals surface area contributed by atoms with Crippen LogP contribution in [0, 0.1) is 11.6 Å². The molecule has 1 N–H and O–H groups in total. The summed E-state index contributed by atoms with van der Waals surface area (Å²) in [5.74, 6) is -1.78. The fourth-order valence-electron chi connectivity index (χ4n) is 2.18. The Morgan fingerprint density at radius 3 is 2.91 bits per heavy atom. The van der Waals surface area contributed by atoms with E-state index in [0.29, 0.717) is 32.9 Å². The first-order valence-electron chi connectivity index (χ1n) is 7.17. The molecular weight excluding hydrogens is 294 g/mol. The van der Waals surface area contributed by atoms with Crippen molar-refractivity contribution in [2.75, 3.05) is 45.3 Å². The van der Waals surface area contributed by atoms with Gasteiger partial charge in [-0.05, 0) is 19.2 Å². The second-order valence-corrected chi connectivity index (χ2v) is 5.25. The molecule has 1 atom stereocenters. The third kappa shape index (κ3) is 5.32. The minimum atomic E-state index is -0.783. The first-order valence-corrected chi connectivity index (χ1v) is 7.17. The molecule has 1 aromatic carbocycles. The predicted octanol–water partition coefficient (Wildman–Crippen LogP) is 1.64. The summed E-state index contributed by atoms with van der Waals surface area (Å²) in [4.78, 5) is 13.8. The molecule has 1 saturated heterocycles. The van der Waals surface area contributed by atoms with E-state index in [2.05, 4.69) is 5.32 Å². The monoisotopic (exact) mass is 314 g/mol. The Kier molecular flexibility index (Phi) is 6.23. The second kappa shape index (κ2) is 8.17. The van der Waals surface area contributed by atoms with Crippen molar-refractivity contribution in [3.05, 3.63) is 29.8 Å². The van der Waals surface area contributed by atoms with Crippen molar-refractivity contribution in [1.82, 2.24) is 4.90 Å². The highest BCUT2D eigenvalue weighted by molar-refractivity contribution is 5.90. The molecule has 0 saturated carbocycles. The van der Waals surface area contributed by atoms with Gasteiger partial charge in [0.15, 0.2) is 0 Å². The van der Waals surface area contributed by atoms with E-state index in [1.165, 1.54) is 6.07 Å². The maximum Gasteiger partial charge on any atom is 0.225 e. The van der Waals surface area contributed by atoms with Crippen LogP contribution in [0.5, 0.6) is 0 Å². The van der Waals surface area contributed by atoms with Crippen molar-refractivity contribution < 1.29 is 23.0 Å². The molecule has 1 aromatic rings. The topological polar surface area (TPSA) is 50.8 Å². The zero-order chi connectivity index (χ0) is 15.9. The molecule has 1 aliphatic rings. The van der Waals surface area contributed by atoms with E-state index >= 15 is 0 Å². The molecule has 1 aliphatic heterocycles. The fourth-order valence-corrected chi connectivity index (χ4v) is 2.18. The van der Waals surface area contributed by atoms with Gasteiger partial charge in [0.05, 0.1) is 31.6 Å². The first-order chi connectivity index (χ1) is 10.5. The highest BCUT2D eigenvalue weighted by Crippen LogP contribution is 2.15. The molecule has 1 unspecified atom stereocenters. The average Bonchev–Trinajstić information content (AvgIpc) is 2.49. The van der Waals surface area contributed by atoms with Crippen molar-refractivity contribution in [1.29, 1.82) is 0 Å². The van der Waals surface area contributed by atoms with E-state index in [-0.39, 0.29) is 24.1 Å². The number of hydrogen-bond donors (Lipinski definition) is 1. The Morgan fingerprint density at radius 2 is 2.23 bits per heavy atom. The lowest BCUT2D eigenvalue weighted by Crippen LogP contribution is -2.39. The van der Waals surface area contributed by atoms with Crippen LogP contribution in [0.3, 0.4) is 0 Å². The van der Waals surface area contributed by atoms with Gasteiger partial charge in [-0.3, -0.25) is 4.79 Å². The highest BCUT2D eigenvalue weighted by Gasteiger charge is 2.17. The number of likely N-dealkylation sites (N-methyl/N-ethyl adjacent to an activating group) is 1. The number of amides is 1. The van der Waals surface area contributed by atoms with Crippen LogP contribution in [-0.2, 0) is 14.3 Å². The fraction of sp³-hybridized carbons (Fsp3) is 0.533. The molecule has 0 bridgehead atoms. The van der Waals surface area contributed by atoms with Gasteiger partial charge in [0.1, 0.15) is 11.6 Å². The summed E-state index contributed by atoms with van der Waals surface area (Å²) in [6.45, 7) is 2.93. The van der Waals surface area contributed by atoms with Crippen molar-refractivity contribution in [2.24, 2.45) is 0 Å². The molecule has 0 radical (unpaired) electrons. The zero-order valence-corrected chi connectivity index (χ0v) is 12.5. The third-order valence-electron chi connectivity index (χ3n) is 3.33. The van der Waals surface area contributed by atoms with Gasteiger partial charge in [-0.15, -0.1) is 0 Å². The Hall–Kier alpha value is -1.57. The van der Waals surface area contributed by atoms with E-state index in [4.69, 9.17) is 9.47 Å². The minimum absolute atomic E-state index is 0.0105. The van der Waals surface area contributed by atoms with Gasteiger partial charge >= 0.3 is 0 Å². The van der Waals surface area contributed by atoms with Gasteiger partial charge in [-0.1, -0.05) is 0 Å². The van der Waals surface area contributed by atoms with E-state index in [1.807, 2.05) is 11.9 Å². The lowest BCUT2D eigenvalue weighted by atomic mass is 10.2. The average molecular weight is 314 g/mol. The molecular formula is C15H20F2N2O3. The van der Waals surface area contributed by atoms with Crippen LogP contribution in [-0.4, -0.2) is 56.9 Å². The largest absolute Gasteiger partial charge is 0.376 e. The van der Waals surface area contributed by atoms with Gasteiger partial charge in [0, 0.05) is 25.6 Å². The van der Waals surface area contributed by atoms with Gasteiger partial charge in [-0.25, -0.2) is 8.78 Å². The van der Waals surface area contributed by atoms with E-state index in [9.17, 15) is 13.6 Å². The molecule has 22 heavy (non-hydrogen) atoms. The van der Waals surface area contributed by atoms with Crippen LogP contribution in [0.25, 0.3) is 0 Å². The zero-order valence-electron chi connectivity index (χ0n) is 12.5. The Morgan fingerprint density at radius 1 is 1.41 bits per heavy atom. The quantitative estimate of drug-likeness (QED) is 0.867. The van der Waals surface area contributed by atoms with Crippen LogP contribution >= 0.6 is 0 Å². The van der Waals surface area contributed by atoms with Gasteiger partial charge in [-0.2, -0.15) is 0 Å². The normalized spacial score (nSPS) is 18.5. The smallest absolute Gasteiger partial charge is 0.225 e. The second-order valence-electron chi connectivity index (χ2n) is 5.25. The van der Waals surface area contributed by atoms with Crippen LogP contribution in [0.4, 0.5) is 14.5 Å². The number of rotatable bonds is 6. The number of halogens is 2. The maximum absolute atomic E-state index is 13.4. The lowest BCUT2D eigenvalue weighted by molar-refractivity contribution is -0.117. The van der Waals surface area contributed by atoms with Crippen molar-refractivity contribution >= 4 is 11.6 Å². The van der Waals surface area contributed by atoms with E-state index in [1.54, 1.807) is 0 Å². The number of benzene rings is 1. The summed E-state index contributed by atoms with van der Waals surface area (Å²) in [6, 6.07) is 3.05. The maximum atomic E-state index is 13.4. The minimum Gasteiger partial charge on any atom is -0.376 e. The SMILES string of the molecule is CN(CCC(=O)Nc1ccc(F)cc1F)CC1COCCO1. The van der Waals surface area contributed by atoms with Crippen LogP contribution in [0.1, 0.15) is 6.42 Å². The van der Waals surface area contributed by atoms with Gasteiger partial charge in [0.25, 0.3) is 0 Å². The van der Waals surface area contributed by atoms with Crippen LogP contribution in [0.2, 0.25) is 0 Å².